The Morgan fingerprint density at radius 2 is 1.76 bits per heavy atom. The summed E-state index contributed by atoms with van der Waals surface area (Å²) in [5.74, 6) is 3.13. The summed E-state index contributed by atoms with van der Waals surface area (Å²) in [6, 6.07) is 19.5. The van der Waals surface area contributed by atoms with Gasteiger partial charge in [0.05, 0.1) is 18.3 Å². The van der Waals surface area contributed by atoms with Crippen LogP contribution in [0.15, 0.2) is 66.9 Å². The van der Waals surface area contributed by atoms with Gasteiger partial charge in [0, 0.05) is 32.5 Å². The van der Waals surface area contributed by atoms with Gasteiger partial charge in [0.1, 0.15) is 22.8 Å². The van der Waals surface area contributed by atoms with Crippen molar-refractivity contribution in [3.63, 3.8) is 0 Å². The molecule has 0 bridgehead atoms. The number of imidazole rings is 1. The molecule has 7 nitrogen and oxygen atoms in total. The van der Waals surface area contributed by atoms with Gasteiger partial charge in [-0.3, -0.25) is 0 Å². The molecule has 4 aromatic rings. The second-order valence-corrected chi connectivity index (χ2v) is 6.45. The number of para-hydroxylation sites is 1. The fourth-order valence-electron chi connectivity index (χ4n) is 3.08. The molecule has 7 heteroatoms. The molecule has 2 N–H and O–H groups in total. The van der Waals surface area contributed by atoms with E-state index in [0.717, 1.165) is 40.0 Å². The van der Waals surface area contributed by atoms with E-state index in [2.05, 4.69) is 25.2 Å². The number of ether oxygens (including phenoxy) is 2. The van der Waals surface area contributed by atoms with E-state index in [0.29, 0.717) is 13.2 Å². The number of rotatable bonds is 8. The molecule has 0 amide bonds. The molecular weight excluding hydrogens is 366 g/mol. The van der Waals surface area contributed by atoms with E-state index in [1.165, 1.54) is 0 Å². The van der Waals surface area contributed by atoms with Crippen molar-refractivity contribution in [2.75, 3.05) is 31.4 Å². The number of hydrogen-bond acceptors (Lipinski definition) is 6. The maximum Gasteiger partial charge on any atom is 0.203 e. The van der Waals surface area contributed by atoms with Crippen LogP contribution in [-0.4, -0.2) is 35.3 Å². The predicted octanol–water partition coefficient (Wildman–Crippen LogP) is 4.66. The number of nitrogens with one attached hydrogen (secondary N) is 2. The molecule has 0 saturated carbocycles. The van der Waals surface area contributed by atoms with Crippen LogP contribution in [0.2, 0.25) is 0 Å². The van der Waals surface area contributed by atoms with Gasteiger partial charge in [0.25, 0.3) is 0 Å². The fourth-order valence-corrected chi connectivity index (χ4v) is 3.08. The zero-order valence-corrected chi connectivity index (χ0v) is 16.4. The number of anilines is 3. The molecule has 0 spiro atoms. The van der Waals surface area contributed by atoms with Gasteiger partial charge in [-0.05, 0) is 36.4 Å². The highest BCUT2D eigenvalue weighted by molar-refractivity contribution is 5.81. The Bertz CT molecular complexity index is 1080. The topological polar surface area (TPSA) is 73.2 Å². The third-order valence-electron chi connectivity index (χ3n) is 4.48. The molecule has 4 rings (SSSR count). The largest absolute Gasteiger partial charge is 0.457 e. The second kappa shape index (κ2) is 8.62. The molecule has 0 fully saturated rings. The summed E-state index contributed by atoms with van der Waals surface area (Å²) in [5.41, 5.74) is 2.75. The Kier molecular flexibility index (Phi) is 5.58. The van der Waals surface area contributed by atoms with Gasteiger partial charge in [0.15, 0.2) is 0 Å². The molecule has 29 heavy (non-hydrogen) atoms. The first-order valence-corrected chi connectivity index (χ1v) is 9.40. The first kappa shape index (κ1) is 18.8. The number of aromatic nitrogens is 3. The average molecular weight is 389 g/mol. The summed E-state index contributed by atoms with van der Waals surface area (Å²) >= 11 is 0. The van der Waals surface area contributed by atoms with Crippen molar-refractivity contribution in [2.45, 2.75) is 6.54 Å². The number of fused-ring (bicyclic) bond motifs is 1. The van der Waals surface area contributed by atoms with Gasteiger partial charge < -0.3 is 24.7 Å². The third-order valence-corrected chi connectivity index (χ3v) is 4.48. The molecule has 0 unspecified atom stereocenters. The van der Waals surface area contributed by atoms with Gasteiger partial charge in [-0.1, -0.05) is 18.2 Å². The van der Waals surface area contributed by atoms with Crippen molar-refractivity contribution in [2.24, 2.45) is 0 Å². The van der Waals surface area contributed by atoms with Crippen LogP contribution in [0.3, 0.4) is 0 Å². The number of hydrogen-bond donors (Lipinski definition) is 2. The number of benzene rings is 2. The smallest absolute Gasteiger partial charge is 0.203 e. The zero-order chi connectivity index (χ0) is 20.1. The van der Waals surface area contributed by atoms with E-state index < -0.39 is 0 Å². The van der Waals surface area contributed by atoms with Crippen molar-refractivity contribution < 1.29 is 9.47 Å². The highest BCUT2D eigenvalue weighted by Gasteiger charge is 2.11. The van der Waals surface area contributed by atoms with Crippen LogP contribution in [0, 0.1) is 0 Å². The van der Waals surface area contributed by atoms with Crippen LogP contribution in [-0.2, 0) is 11.3 Å². The molecule has 2 heterocycles. The summed E-state index contributed by atoms with van der Waals surface area (Å²) in [4.78, 5) is 9.06. The normalized spacial score (nSPS) is 10.8. The molecule has 0 atom stereocenters. The van der Waals surface area contributed by atoms with Gasteiger partial charge in [-0.25, -0.2) is 9.97 Å². The minimum absolute atomic E-state index is 0.605. The standard InChI is InChI=1S/C22H23N5O2/c1-23-22-26-19-15-24-21(14-20(19)27(22)12-13-28-2)25-16-8-10-18(11-9-16)29-17-6-4-3-5-7-17/h3-11,14-15H,12-13H2,1-2H3,(H,23,26)(H,24,25). The van der Waals surface area contributed by atoms with Crippen LogP contribution >= 0.6 is 0 Å². The molecule has 0 aliphatic heterocycles. The Morgan fingerprint density at radius 1 is 1.00 bits per heavy atom. The molecule has 2 aromatic carbocycles. The summed E-state index contributed by atoms with van der Waals surface area (Å²) in [7, 11) is 3.55. The quantitative estimate of drug-likeness (QED) is 0.457. The highest BCUT2D eigenvalue weighted by Crippen LogP contribution is 2.26. The molecule has 0 radical (unpaired) electrons. The molecule has 0 aliphatic carbocycles. The molecule has 2 aromatic heterocycles. The average Bonchev–Trinajstić information content (AvgIpc) is 3.11. The molecular formula is C22H23N5O2. The predicted molar refractivity (Wildman–Crippen MR) is 115 cm³/mol. The van der Waals surface area contributed by atoms with Crippen LogP contribution in [0.4, 0.5) is 17.5 Å². The van der Waals surface area contributed by atoms with E-state index in [1.54, 1.807) is 13.3 Å². The Balaban J connectivity index is 1.52. The summed E-state index contributed by atoms with van der Waals surface area (Å²) < 4.78 is 13.1. The zero-order valence-electron chi connectivity index (χ0n) is 16.4. The SMILES string of the molecule is CNc1nc2cnc(Nc3ccc(Oc4ccccc4)cc3)cc2n1CCOC. The number of nitrogens with zero attached hydrogens (tertiary/aromatic N) is 3. The third kappa shape index (κ3) is 4.30. The van der Waals surface area contributed by atoms with Gasteiger partial charge in [-0.15, -0.1) is 0 Å². The lowest BCUT2D eigenvalue weighted by Gasteiger charge is -2.10. The minimum atomic E-state index is 0.605. The molecule has 148 valence electrons. The first-order valence-electron chi connectivity index (χ1n) is 9.40. The Morgan fingerprint density at radius 3 is 2.48 bits per heavy atom. The number of pyridine rings is 1. The van der Waals surface area contributed by atoms with Gasteiger partial charge in [0.2, 0.25) is 5.95 Å². The maximum absolute atomic E-state index is 5.84. The fraction of sp³-hybridized carbons (Fsp3) is 0.182. The lowest BCUT2D eigenvalue weighted by Crippen LogP contribution is -2.08. The van der Waals surface area contributed by atoms with E-state index >= 15 is 0 Å². The van der Waals surface area contributed by atoms with Crippen molar-refractivity contribution in [3.8, 4) is 11.5 Å². The lowest BCUT2D eigenvalue weighted by molar-refractivity contribution is 0.189. The Hall–Kier alpha value is -3.58. The monoisotopic (exact) mass is 389 g/mol. The van der Waals surface area contributed by atoms with Crippen molar-refractivity contribution >= 4 is 28.5 Å². The summed E-state index contributed by atoms with van der Waals surface area (Å²) in [5, 5.41) is 6.46. The highest BCUT2D eigenvalue weighted by atomic mass is 16.5. The van der Waals surface area contributed by atoms with E-state index in [-0.39, 0.29) is 0 Å². The van der Waals surface area contributed by atoms with Crippen molar-refractivity contribution in [3.05, 3.63) is 66.9 Å². The van der Waals surface area contributed by atoms with E-state index in [4.69, 9.17) is 9.47 Å². The summed E-state index contributed by atoms with van der Waals surface area (Å²) in [6.07, 6.45) is 1.77. The van der Waals surface area contributed by atoms with Gasteiger partial charge >= 0.3 is 0 Å². The number of methoxy groups -OCH3 is 1. The first-order chi connectivity index (χ1) is 14.3. The van der Waals surface area contributed by atoms with Crippen molar-refractivity contribution in [1.82, 2.24) is 14.5 Å². The lowest BCUT2D eigenvalue weighted by atomic mass is 10.3. The van der Waals surface area contributed by atoms with Crippen LogP contribution < -0.4 is 15.4 Å². The Labute approximate surface area is 169 Å². The van der Waals surface area contributed by atoms with Gasteiger partial charge in [-0.2, -0.15) is 0 Å². The van der Waals surface area contributed by atoms with E-state index in [9.17, 15) is 0 Å². The van der Waals surface area contributed by atoms with Crippen molar-refractivity contribution in [1.29, 1.82) is 0 Å². The van der Waals surface area contributed by atoms with Crippen LogP contribution in [0.5, 0.6) is 11.5 Å². The summed E-state index contributed by atoms with van der Waals surface area (Å²) in [6.45, 7) is 1.31. The van der Waals surface area contributed by atoms with Crippen LogP contribution in [0.1, 0.15) is 0 Å². The molecule has 0 saturated heterocycles. The van der Waals surface area contributed by atoms with Crippen LogP contribution in [0.25, 0.3) is 11.0 Å². The molecule has 0 aliphatic rings. The maximum atomic E-state index is 5.84. The second-order valence-electron chi connectivity index (χ2n) is 6.45. The minimum Gasteiger partial charge on any atom is -0.457 e. The van der Waals surface area contributed by atoms with E-state index in [1.807, 2.05) is 67.7 Å².